The summed E-state index contributed by atoms with van der Waals surface area (Å²) in [5.74, 6) is 0. The maximum Gasteiger partial charge on any atom is 0.293 e. The Hall–Kier alpha value is -1.36. The number of hydrogen-bond acceptors (Lipinski definition) is 2. The molecule has 0 fully saturated rings. The number of aromatic nitrogens is 1. The third kappa shape index (κ3) is 1.31. The smallest absolute Gasteiger partial charge is 0.293 e. The maximum absolute atomic E-state index is 10.6. The van der Waals surface area contributed by atoms with Crippen LogP contribution in [0.1, 0.15) is 0 Å². The highest BCUT2D eigenvalue weighted by atomic mass is 79.9. The molecule has 0 saturated carbocycles. The van der Waals surface area contributed by atoms with Gasteiger partial charge in [-0.15, -0.1) is 0 Å². The molecule has 0 unspecified atom stereocenters. The van der Waals surface area contributed by atoms with E-state index in [4.69, 9.17) is 0 Å². The third-order valence-electron chi connectivity index (χ3n) is 1.80. The van der Waals surface area contributed by atoms with E-state index in [1.807, 2.05) is 12.1 Å². The lowest BCUT2D eigenvalue weighted by molar-refractivity contribution is -0.383. The van der Waals surface area contributed by atoms with E-state index in [2.05, 4.69) is 20.9 Å². The van der Waals surface area contributed by atoms with Crippen molar-refractivity contribution in [1.29, 1.82) is 0 Å². The molecule has 2 rings (SSSR count). The van der Waals surface area contributed by atoms with Crippen molar-refractivity contribution in [2.75, 3.05) is 0 Å². The first-order chi connectivity index (χ1) is 6.18. The van der Waals surface area contributed by atoms with E-state index >= 15 is 0 Å². The molecule has 0 amide bonds. The van der Waals surface area contributed by atoms with Crippen molar-refractivity contribution in [3.8, 4) is 0 Å². The van der Waals surface area contributed by atoms with Crippen LogP contribution in [-0.4, -0.2) is 9.91 Å². The van der Waals surface area contributed by atoms with Gasteiger partial charge < -0.3 is 4.98 Å². The van der Waals surface area contributed by atoms with Crippen LogP contribution in [0.2, 0.25) is 0 Å². The SMILES string of the molecule is O=[N+]([O-])c1cccc2cc(Br)[nH]c12. The molecule has 0 radical (unpaired) electrons. The fourth-order valence-electron chi connectivity index (χ4n) is 1.26. The van der Waals surface area contributed by atoms with Crippen LogP contribution >= 0.6 is 15.9 Å². The second kappa shape index (κ2) is 2.85. The number of rotatable bonds is 1. The predicted molar refractivity (Wildman–Crippen MR) is 52.7 cm³/mol. The number of hydrogen-bond donors (Lipinski definition) is 1. The van der Waals surface area contributed by atoms with Crippen LogP contribution in [0.3, 0.4) is 0 Å². The Morgan fingerprint density at radius 2 is 2.23 bits per heavy atom. The molecule has 1 aromatic carbocycles. The molecule has 0 aliphatic rings. The van der Waals surface area contributed by atoms with E-state index in [1.54, 1.807) is 6.07 Å². The highest BCUT2D eigenvalue weighted by Crippen LogP contribution is 2.26. The number of H-pyrrole nitrogens is 1. The van der Waals surface area contributed by atoms with Gasteiger partial charge in [-0.3, -0.25) is 10.1 Å². The number of non-ortho nitro benzene ring substituents is 1. The molecule has 1 aromatic heterocycles. The molecular weight excluding hydrogens is 236 g/mol. The van der Waals surface area contributed by atoms with Gasteiger partial charge in [-0.1, -0.05) is 12.1 Å². The average molecular weight is 241 g/mol. The Bertz CT molecular complexity index is 478. The zero-order valence-corrected chi connectivity index (χ0v) is 8.04. The molecule has 5 heteroatoms. The highest BCUT2D eigenvalue weighted by molar-refractivity contribution is 9.10. The normalized spacial score (nSPS) is 10.5. The molecule has 13 heavy (non-hydrogen) atoms. The number of nitro groups is 1. The summed E-state index contributed by atoms with van der Waals surface area (Å²) in [7, 11) is 0. The Kier molecular flexibility index (Phi) is 1.81. The molecular formula is C8H5BrN2O2. The van der Waals surface area contributed by atoms with E-state index in [9.17, 15) is 10.1 Å². The first kappa shape index (κ1) is 8.25. The van der Waals surface area contributed by atoms with E-state index in [0.29, 0.717) is 5.52 Å². The summed E-state index contributed by atoms with van der Waals surface area (Å²) in [6.45, 7) is 0. The quantitative estimate of drug-likeness (QED) is 0.616. The minimum atomic E-state index is -0.398. The lowest BCUT2D eigenvalue weighted by Crippen LogP contribution is -1.88. The Morgan fingerprint density at radius 1 is 1.46 bits per heavy atom. The van der Waals surface area contributed by atoms with Crippen molar-refractivity contribution in [3.05, 3.63) is 39.0 Å². The summed E-state index contributed by atoms with van der Waals surface area (Å²) in [4.78, 5) is 13.1. The van der Waals surface area contributed by atoms with Gasteiger partial charge in [0.1, 0.15) is 5.52 Å². The molecule has 0 aliphatic heterocycles. The van der Waals surface area contributed by atoms with Gasteiger partial charge >= 0.3 is 0 Å². The fraction of sp³-hybridized carbons (Fsp3) is 0. The number of fused-ring (bicyclic) bond motifs is 1. The molecule has 0 atom stereocenters. The molecule has 2 aromatic rings. The monoisotopic (exact) mass is 240 g/mol. The predicted octanol–water partition coefficient (Wildman–Crippen LogP) is 2.84. The Balaban J connectivity index is 2.82. The Labute approximate surface area is 81.8 Å². The van der Waals surface area contributed by atoms with E-state index < -0.39 is 4.92 Å². The van der Waals surface area contributed by atoms with Crippen molar-refractivity contribution in [2.45, 2.75) is 0 Å². The lowest BCUT2D eigenvalue weighted by Gasteiger charge is -1.91. The van der Waals surface area contributed by atoms with Crippen LogP contribution in [0.25, 0.3) is 10.9 Å². The summed E-state index contributed by atoms with van der Waals surface area (Å²) in [6, 6.07) is 6.78. The van der Waals surface area contributed by atoms with Crippen LogP contribution in [0, 0.1) is 10.1 Å². The van der Waals surface area contributed by atoms with E-state index in [0.717, 1.165) is 9.99 Å². The van der Waals surface area contributed by atoms with Crippen molar-refractivity contribution >= 4 is 32.5 Å². The number of para-hydroxylation sites is 1. The molecule has 1 N–H and O–H groups in total. The standard InChI is InChI=1S/C8H5BrN2O2/c9-7-4-5-2-1-3-6(11(12)13)8(5)10-7/h1-4,10H. The van der Waals surface area contributed by atoms with Gasteiger partial charge in [-0.25, -0.2) is 0 Å². The van der Waals surface area contributed by atoms with E-state index in [1.165, 1.54) is 6.07 Å². The number of nitrogens with zero attached hydrogens (tertiary/aromatic N) is 1. The summed E-state index contributed by atoms with van der Waals surface area (Å²) < 4.78 is 0.747. The average Bonchev–Trinajstić information content (AvgIpc) is 2.43. The first-order valence-corrected chi connectivity index (χ1v) is 4.39. The van der Waals surface area contributed by atoms with E-state index in [-0.39, 0.29) is 5.69 Å². The molecule has 0 saturated heterocycles. The third-order valence-corrected chi connectivity index (χ3v) is 2.23. The number of nitro benzene ring substituents is 1. The molecule has 1 heterocycles. The zero-order valence-electron chi connectivity index (χ0n) is 6.45. The second-order valence-electron chi connectivity index (χ2n) is 2.62. The van der Waals surface area contributed by atoms with Crippen molar-refractivity contribution in [2.24, 2.45) is 0 Å². The van der Waals surface area contributed by atoms with Gasteiger partial charge in [0.15, 0.2) is 0 Å². The summed E-state index contributed by atoms with van der Waals surface area (Å²) in [5, 5.41) is 11.4. The van der Waals surface area contributed by atoms with Crippen LogP contribution in [0.5, 0.6) is 0 Å². The van der Waals surface area contributed by atoms with Gasteiger partial charge in [0.2, 0.25) is 0 Å². The molecule has 0 bridgehead atoms. The lowest BCUT2D eigenvalue weighted by atomic mass is 10.2. The molecule has 0 spiro atoms. The van der Waals surface area contributed by atoms with Crippen molar-refractivity contribution in [3.63, 3.8) is 0 Å². The van der Waals surface area contributed by atoms with Crippen molar-refractivity contribution < 1.29 is 4.92 Å². The maximum atomic E-state index is 10.6. The van der Waals surface area contributed by atoms with Crippen LogP contribution in [0.15, 0.2) is 28.9 Å². The van der Waals surface area contributed by atoms with Gasteiger partial charge in [-0.05, 0) is 22.0 Å². The summed E-state index contributed by atoms with van der Waals surface area (Å²) in [6.07, 6.45) is 0. The van der Waals surface area contributed by atoms with Crippen LogP contribution in [-0.2, 0) is 0 Å². The number of aromatic amines is 1. The topological polar surface area (TPSA) is 58.9 Å². The Morgan fingerprint density at radius 3 is 2.92 bits per heavy atom. The number of halogens is 1. The van der Waals surface area contributed by atoms with Crippen LogP contribution in [0.4, 0.5) is 5.69 Å². The van der Waals surface area contributed by atoms with Crippen molar-refractivity contribution in [1.82, 2.24) is 4.98 Å². The van der Waals surface area contributed by atoms with Gasteiger partial charge in [0.05, 0.1) is 9.53 Å². The minimum Gasteiger partial charge on any atom is -0.344 e. The fourth-order valence-corrected chi connectivity index (χ4v) is 1.70. The summed E-state index contributed by atoms with van der Waals surface area (Å²) in [5.41, 5.74) is 0.655. The van der Waals surface area contributed by atoms with Crippen LogP contribution < -0.4 is 0 Å². The molecule has 4 nitrogen and oxygen atoms in total. The van der Waals surface area contributed by atoms with Gasteiger partial charge in [0.25, 0.3) is 5.69 Å². The van der Waals surface area contributed by atoms with Gasteiger partial charge in [0, 0.05) is 11.5 Å². The second-order valence-corrected chi connectivity index (χ2v) is 3.47. The minimum absolute atomic E-state index is 0.100. The number of nitrogens with one attached hydrogen (secondary N) is 1. The van der Waals surface area contributed by atoms with Gasteiger partial charge in [-0.2, -0.15) is 0 Å². The largest absolute Gasteiger partial charge is 0.344 e. The molecule has 0 aliphatic carbocycles. The number of benzene rings is 1. The molecule has 66 valence electrons. The first-order valence-electron chi connectivity index (χ1n) is 3.60. The highest BCUT2D eigenvalue weighted by Gasteiger charge is 2.12. The summed E-state index contributed by atoms with van der Waals surface area (Å²) >= 11 is 3.23. The zero-order chi connectivity index (χ0) is 9.42.